The van der Waals surface area contributed by atoms with Crippen molar-refractivity contribution in [3.63, 3.8) is 0 Å². The summed E-state index contributed by atoms with van der Waals surface area (Å²) in [5.41, 5.74) is 0. The second-order valence-corrected chi connectivity index (χ2v) is 6.06. The summed E-state index contributed by atoms with van der Waals surface area (Å²) in [7, 11) is 0. The van der Waals surface area contributed by atoms with Gasteiger partial charge >= 0.3 is 5.97 Å². The van der Waals surface area contributed by atoms with Crippen LogP contribution in [-0.4, -0.2) is 36.9 Å². The van der Waals surface area contributed by atoms with Gasteiger partial charge < -0.3 is 19.3 Å². The largest absolute Gasteiger partial charge is 0.481 e. The monoisotopic (exact) mass is 346 g/mol. The molecular weight excluding hydrogens is 308 g/mol. The minimum Gasteiger partial charge on any atom is -0.481 e. The highest BCUT2D eigenvalue weighted by atomic mass is 16.9. The number of ether oxygens (including phenoxy) is 3. The zero-order chi connectivity index (χ0) is 18.1. The summed E-state index contributed by atoms with van der Waals surface area (Å²) < 4.78 is 17.2. The quantitative estimate of drug-likeness (QED) is 0.275. The third-order valence-electron chi connectivity index (χ3n) is 3.97. The molecule has 0 amide bonds. The lowest BCUT2D eigenvalue weighted by Gasteiger charge is -2.32. The number of carboxylic acid groups (broad SMARTS) is 1. The Morgan fingerprint density at radius 1 is 0.708 bits per heavy atom. The predicted octanol–water partition coefficient (Wildman–Crippen LogP) is 5.13. The van der Waals surface area contributed by atoms with Crippen LogP contribution in [0, 0.1) is 0 Å². The standard InChI is InChI=1S/C19H38O5/c1-4-22-19(23-5-2,24-6-3)17-15-13-11-9-7-8-10-12-14-16-18(20)21/h4-17H2,1-3H3,(H,20,21). The predicted molar refractivity (Wildman–Crippen MR) is 96.0 cm³/mol. The SMILES string of the molecule is CCOC(CCCCCCCCCCCC(=O)O)(OCC)OCC. The number of hydrogen-bond donors (Lipinski definition) is 1. The molecule has 0 aromatic carbocycles. The summed E-state index contributed by atoms with van der Waals surface area (Å²) >= 11 is 0. The van der Waals surface area contributed by atoms with Crippen LogP contribution in [0.15, 0.2) is 0 Å². The Balaban J connectivity index is 3.65. The van der Waals surface area contributed by atoms with E-state index in [1.807, 2.05) is 20.8 Å². The molecule has 0 radical (unpaired) electrons. The summed E-state index contributed by atoms with van der Waals surface area (Å²) in [6.45, 7) is 7.64. The van der Waals surface area contributed by atoms with Crippen LogP contribution in [-0.2, 0) is 19.0 Å². The van der Waals surface area contributed by atoms with Crippen molar-refractivity contribution in [3.8, 4) is 0 Å². The highest BCUT2D eigenvalue weighted by Gasteiger charge is 2.31. The van der Waals surface area contributed by atoms with E-state index in [2.05, 4.69) is 0 Å². The smallest absolute Gasteiger partial charge is 0.303 e. The van der Waals surface area contributed by atoms with Gasteiger partial charge in [-0.1, -0.05) is 44.9 Å². The van der Waals surface area contributed by atoms with Crippen LogP contribution < -0.4 is 0 Å². The van der Waals surface area contributed by atoms with E-state index in [9.17, 15) is 4.79 Å². The molecule has 5 heteroatoms. The molecule has 1 N–H and O–H groups in total. The molecule has 5 nitrogen and oxygen atoms in total. The molecule has 0 aromatic heterocycles. The molecule has 0 heterocycles. The fourth-order valence-corrected chi connectivity index (χ4v) is 2.86. The zero-order valence-electron chi connectivity index (χ0n) is 16.0. The lowest BCUT2D eigenvalue weighted by molar-refractivity contribution is -0.380. The van der Waals surface area contributed by atoms with Gasteiger partial charge in [0.2, 0.25) is 0 Å². The fourth-order valence-electron chi connectivity index (χ4n) is 2.86. The molecule has 0 fully saturated rings. The Morgan fingerprint density at radius 2 is 1.08 bits per heavy atom. The van der Waals surface area contributed by atoms with Crippen LogP contribution in [0.2, 0.25) is 0 Å². The van der Waals surface area contributed by atoms with E-state index in [1.165, 1.54) is 25.7 Å². The molecule has 0 atom stereocenters. The Morgan fingerprint density at radius 3 is 1.46 bits per heavy atom. The summed E-state index contributed by atoms with van der Waals surface area (Å²) in [5.74, 6) is -1.54. The maximum Gasteiger partial charge on any atom is 0.303 e. The summed E-state index contributed by atoms with van der Waals surface area (Å²) in [6, 6.07) is 0. The molecule has 0 bridgehead atoms. The van der Waals surface area contributed by atoms with Crippen molar-refractivity contribution < 1.29 is 24.1 Å². The van der Waals surface area contributed by atoms with Gasteiger partial charge in [0.1, 0.15) is 0 Å². The van der Waals surface area contributed by atoms with E-state index in [-0.39, 0.29) is 0 Å². The van der Waals surface area contributed by atoms with Gasteiger partial charge in [0.15, 0.2) is 0 Å². The molecule has 0 aliphatic carbocycles. The Kier molecular flexibility index (Phi) is 15.4. The average molecular weight is 347 g/mol. The lowest BCUT2D eigenvalue weighted by atomic mass is 10.1. The minimum absolute atomic E-state index is 0.307. The molecule has 0 aliphatic heterocycles. The van der Waals surface area contributed by atoms with E-state index >= 15 is 0 Å². The number of carboxylic acids is 1. The second-order valence-electron chi connectivity index (χ2n) is 6.06. The average Bonchev–Trinajstić information content (AvgIpc) is 2.53. The van der Waals surface area contributed by atoms with Crippen molar-refractivity contribution in [1.29, 1.82) is 0 Å². The van der Waals surface area contributed by atoms with Gasteiger partial charge in [0, 0.05) is 32.7 Å². The first-order valence-electron chi connectivity index (χ1n) is 9.73. The molecule has 0 rings (SSSR count). The molecule has 0 saturated heterocycles. The van der Waals surface area contributed by atoms with Crippen molar-refractivity contribution in [2.75, 3.05) is 19.8 Å². The van der Waals surface area contributed by atoms with Crippen LogP contribution in [0.1, 0.15) is 91.4 Å². The summed E-state index contributed by atoms with van der Waals surface area (Å²) in [4.78, 5) is 10.4. The van der Waals surface area contributed by atoms with Crippen molar-refractivity contribution in [2.45, 2.75) is 97.4 Å². The first kappa shape index (κ1) is 23.4. The molecule has 24 heavy (non-hydrogen) atoms. The number of aliphatic carboxylic acids is 1. The maximum absolute atomic E-state index is 10.4. The Hall–Kier alpha value is -0.650. The van der Waals surface area contributed by atoms with Gasteiger partial charge in [-0.25, -0.2) is 0 Å². The molecule has 0 aromatic rings. The molecular formula is C19H38O5. The first-order valence-corrected chi connectivity index (χ1v) is 9.73. The fraction of sp³-hybridized carbons (Fsp3) is 0.947. The van der Waals surface area contributed by atoms with Gasteiger partial charge in [0.25, 0.3) is 5.97 Å². The van der Waals surface area contributed by atoms with E-state index in [1.54, 1.807) is 0 Å². The van der Waals surface area contributed by atoms with Crippen molar-refractivity contribution in [3.05, 3.63) is 0 Å². The van der Waals surface area contributed by atoms with E-state index < -0.39 is 11.9 Å². The maximum atomic E-state index is 10.4. The first-order chi connectivity index (χ1) is 11.6. The number of hydrogen-bond acceptors (Lipinski definition) is 4. The van der Waals surface area contributed by atoms with Gasteiger partial charge in [-0.2, -0.15) is 0 Å². The normalized spacial score (nSPS) is 11.8. The van der Waals surface area contributed by atoms with E-state index in [0.29, 0.717) is 26.2 Å². The molecule has 0 aliphatic rings. The Bertz CT molecular complexity index is 276. The van der Waals surface area contributed by atoms with E-state index in [0.717, 1.165) is 38.5 Å². The topological polar surface area (TPSA) is 65.0 Å². The highest BCUT2D eigenvalue weighted by molar-refractivity contribution is 5.66. The zero-order valence-corrected chi connectivity index (χ0v) is 16.0. The van der Waals surface area contributed by atoms with Gasteiger partial charge in [-0.05, 0) is 33.6 Å². The van der Waals surface area contributed by atoms with E-state index in [4.69, 9.17) is 19.3 Å². The van der Waals surface area contributed by atoms with Gasteiger partial charge in [-0.3, -0.25) is 4.79 Å². The van der Waals surface area contributed by atoms with Gasteiger partial charge in [-0.15, -0.1) is 0 Å². The molecule has 0 spiro atoms. The van der Waals surface area contributed by atoms with Crippen LogP contribution in [0.5, 0.6) is 0 Å². The number of carbonyl (C=O) groups is 1. The van der Waals surface area contributed by atoms with Crippen LogP contribution >= 0.6 is 0 Å². The number of rotatable bonds is 18. The molecule has 0 saturated carbocycles. The third-order valence-corrected chi connectivity index (χ3v) is 3.97. The minimum atomic E-state index is -0.859. The van der Waals surface area contributed by atoms with Crippen LogP contribution in [0.4, 0.5) is 0 Å². The molecule has 144 valence electrons. The van der Waals surface area contributed by atoms with Crippen LogP contribution in [0.3, 0.4) is 0 Å². The molecule has 0 unspecified atom stereocenters. The van der Waals surface area contributed by atoms with Crippen molar-refractivity contribution >= 4 is 5.97 Å². The van der Waals surface area contributed by atoms with Crippen molar-refractivity contribution in [2.24, 2.45) is 0 Å². The highest BCUT2D eigenvalue weighted by Crippen LogP contribution is 2.24. The van der Waals surface area contributed by atoms with Crippen molar-refractivity contribution in [1.82, 2.24) is 0 Å². The Labute approximate surface area is 148 Å². The summed E-state index contributed by atoms with van der Waals surface area (Å²) in [5, 5.41) is 8.57. The second kappa shape index (κ2) is 15.9. The lowest BCUT2D eigenvalue weighted by Crippen LogP contribution is -2.39. The summed E-state index contributed by atoms with van der Waals surface area (Å²) in [6.07, 6.45) is 11.2. The van der Waals surface area contributed by atoms with Gasteiger partial charge in [0.05, 0.1) is 0 Å². The number of unbranched alkanes of at least 4 members (excludes halogenated alkanes) is 8. The third kappa shape index (κ3) is 12.7. The van der Waals surface area contributed by atoms with Crippen LogP contribution in [0.25, 0.3) is 0 Å².